The molecule has 0 bridgehead atoms. The quantitative estimate of drug-likeness (QED) is 0.870. The molecule has 0 unspecified atom stereocenters. The number of hydrogen-bond acceptors (Lipinski definition) is 4. The Kier molecular flexibility index (Phi) is 3.53. The lowest BCUT2D eigenvalue weighted by Crippen LogP contribution is -2.00. The first-order chi connectivity index (χ1) is 9.28. The third-order valence-corrected chi connectivity index (χ3v) is 4.21. The molecule has 1 aliphatic heterocycles. The second-order valence-electron chi connectivity index (χ2n) is 4.62. The molecule has 0 radical (unpaired) electrons. The maximum atomic E-state index is 4.68. The molecule has 0 spiro atoms. The first-order valence-corrected chi connectivity index (χ1v) is 7.57. The summed E-state index contributed by atoms with van der Waals surface area (Å²) in [7, 11) is 0. The molecule has 0 amide bonds. The van der Waals surface area contributed by atoms with Crippen molar-refractivity contribution in [3.05, 3.63) is 41.2 Å². The summed E-state index contributed by atoms with van der Waals surface area (Å²) in [5, 5.41) is 3.33. The average molecular weight is 271 g/mol. The summed E-state index contributed by atoms with van der Waals surface area (Å²) in [6.45, 7) is 5.99. The summed E-state index contributed by atoms with van der Waals surface area (Å²) in [4.78, 5) is 10.6. The van der Waals surface area contributed by atoms with E-state index >= 15 is 0 Å². The molecule has 0 saturated heterocycles. The van der Waals surface area contributed by atoms with Crippen molar-refractivity contribution in [3.8, 4) is 11.4 Å². The predicted molar refractivity (Wildman–Crippen MR) is 79.1 cm³/mol. The topological polar surface area (TPSA) is 37.8 Å². The van der Waals surface area contributed by atoms with E-state index in [4.69, 9.17) is 0 Å². The van der Waals surface area contributed by atoms with E-state index in [-0.39, 0.29) is 0 Å². The summed E-state index contributed by atoms with van der Waals surface area (Å²) in [6, 6.07) is 8.52. The number of thioether (sulfide) groups is 1. The molecular formula is C15H17N3S. The monoisotopic (exact) mass is 271 g/mol. The largest absolute Gasteiger partial charge is 0.307 e. The Hall–Kier alpha value is -1.39. The first kappa shape index (κ1) is 12.6. The van der Waals surface area contributed by atoms with Gasteiger partial charge >= 0.3 is 0 Å². The van der Waals surface area contributed by atoms with Gasteiger partial charge in [-0.2, -0.15) is 0 Å². The van der Waals surface area contributed by atoms with Gasteiger partial charge in [0.25, 0.3) is 0 Å². The van der Waals surface area contributed by atoms with Crippen LogP contribution in [0.5, 0.6) is 0 Å². The SMILES string of the molecule is CCSc1ccc(-c2nc(C)c3c(n2)CNC3)cc1. The zero-order valence-electron chi connectivity index (χ0n) is 11.2. The van der Waals surface area contributed by atoms with E-state index in [9.17, 15) is 0 Å². The minimum absolute atomic E-state index is 0.841. The number of nitrogens with one attached hydrogen (secondary N) is 1. The van der Waals surface area contributed by atoms with Gasteiger partial charge in [0.15, 0.2) is 5.82 Å². The van der Waals surface area contributed by atoms with Gasteiger partial charge in [0.1, 0.15) is 0 Å². The van der Waals surface area contributed by atoms with Gasteiger partial charge in [-0.15, -0.1) is 11.8 Å². The molecule has 0 atom stereocenters. The number of benzene rings is 1. The molecule has 1 aromatic carbocycles. The predicted octanol–water partition coefficient (Wildman–Crippen LogP) is 3.17. The lowest BCUT2D eigenvalue weighted by Gasteiger charge is -2.07. The van der Waals surface area contributed by atoms with Gasteiger partial charge < -0.3 is 5.32 Å². The molecule has 1 aliphatic rings. The summed E-state index contributed by atoms with van der Waals surface area (Å²) in [5.74, 6) is 1.94. The van der Waals surface area contributed by atoms with Gasteiger partial charge in [0, 0.05) is 34.8 Å². The van der Waals surface area contributed by atoms with Gasteiger partial charge in [-0.3, -0.25) is 0 Å². The van der Waals surface area contributed by atoms with Gasteiger partial charge in [0.05, 0.1) is 5.69 Å². The molecule has 0 fully saturated rings. The first-order valence-electron chi connectivity index (χ1n) is 6.58. The van der Waals surface area contributed by atoms with Crippen molar-refractivity contribution in [2.75, 3.05) is 5.75 Å². The van der Waals surface area contributed by atoms with Gasteiger partial charge in [0.2, 0.25) is 0 Å². The third kappa shape index (κ3) is 2.51. The fourth-order valence-electron chi connectivity index (χ4n) is 2.33. The number of rotatable bonds is 3. The van der Waals surface area contributed by atoms with Crippen molar-refractivity contribution in [3.63, 3.8) is 0 Å². The van der Waals surface area contributed by atoms with Crippen LogP contribution < -0.4 is 5.32 Å². The van der Waals surface area contributed by atoms with Crippen LogP contribution >= 0.6 is 11.8 Å². The molecule has 0 saturated carbocycles. The number of hydrogen-bond donors (Lipinski definition) is 1. The minimum atomic E-state index is 0.841. The molecule has 3 rings (SSSR count). The summed E-state index contributed by atoms with van der Waals surface area (Å²) < 4.78 is 0. The molecule has 2 aromatic rings. The van der Waals surface area contributed by atoms with Crippen LogP contribution in [0.15, 0.2) is 29.2 Å². The fraction of sp³-hybridized carbons (Fsp3) is 0.333. The summed E-state index contributed by atoms with van der Waals surface area (Å²) >= 11 is 1.85. The van der Waals surface area contributed by atoms with Crippen molar-refractivity contribution in [1.29, 1.82) is 0 Å². The number of nitrogens with zero attached hydrogens (tertiary/aromatic N) is 2. The van der Waals surface area contributed by atoms with Crippen molar-refractivity contribution in [2.45, 2.75) is 31.8 Å². The van der Waals surface area contributed by atoms with Crippen molar-refractivity contribution in [2.24, 2.45) is 0 Å². The molecule has 19 heavy (non-hydrogen) atoms. The molecule has 4 heteroatoms. The van der Waals surface area contributed by atoms with Crippen LogP contribution in [0.3, 0.4) is 0 Å². The number of fused-ring (bicyclic) bond motifs is 1. The van der Waals surface area contributed by atoms with Gasteiger partial charge in [-0.1, -0.05) is 19.1 Å². The highest BCUT2D eigenvalue weighted by molar-refractivity contribution is 7.99. The molecular weight excluding hydrogens is 254 g/mol. The maximum Gasteiger partial charge on any atom is 0.159 e. The summed E-state index contributed by atoms with van der Waals surface area (Å²) in [6.07, 6.45) is 0. The Morgan fingerprint density at radius 3 is 2.68 bits per heavy atom. The van der Waals surface area contributed by atoms with E-state index in [1.807, 2.05) is 11.8 Å². The highest BCUT2D eigenvalue weighted by Gasteiger charge is 2.16. The highest BCUT2D eigenvalue weighted by Crippen LogP contribution is 2.24. The Bertz CT molecular complexity index is 593. The van der Waals surface area contributed by atoms with E-state index in [1.165, 1.54) is 10.5 Å². The molecule has 1 aromatic heterocycles. The van der Waals surface area contributed by atoms with E-state index < -0.39 is 0 Å². The Balaban J connectivity index is 1.96. The smallest absolute Gasteiger partial charge is 0.159 e. The lowest BCUT2D eigenvalue weighted by atomic mass is 10.1. The molecule has 2 heterocycles. The normalized spacial score (nSPS) is 13.6. The molecule has 3 nitrogen and oxygen atoms in total. The van der Waals surface area contributed by atoms with Crippen LogP contribution in [0.25, 0.3) is 11.4 Å². The number of aryl methyl sites for hydroxylation is 1. The zero-order valence-corrected chi connectivity index (χ0v) is 12.0. The van der Waals surface area contributed by atoms with E-state index in [0.717, 1.165) is 41.6 Å². The second kappa shape index (κ2) is 5.31. The van der Waals surface area contributed by atoms with E-state index in [2.05, 4.69) is 53.4 Å². The second-order valence-corrected chi connectivity index (χ2v) is 5.96. The maximum absolute atomic E-state index is 4.68. The summed E-state index contributed by atoms with van der Waals surface area (Å²) in [5.41, 5.74) is 4.60. The minimum Gasteiger partial charge on any atom is -0.307 e. The Morgan fingerprint density at radius 1 is 1.16 bits per heavy atom. The van der Waals surface area contributed by atoms with Crippen LogP contribution in [0.1, 0.15) is 23.9 Å². The Morgan fingerprint density at radius 2 is 1.95 bits per heavy atom. The highest BCUT2D eigenvalue weighted by atomic mass is 32.2. The van der Waals surface area contributed by atoms with Crippen LogP contribution in [0.4, 0.5) is 0 Å². The lowest BCUT2D eigenvalue weighted by molar-refractivity contribution is 0.757. The van der Waals surface area contributed by atoms with Crippen molar-refractivity contribution < 1.29 is 0 Å². The van der Waals surface area contributed by atoms with E-state index in [0.29, 0.717) is 0 Å². The van der Waals surface area contributed by atoms with Crippen molar-refractivity contribution >= 4 is 11.8 Å². The standard InChI is InChI=1S/C15H17N3S/c1-3-19-12-6-4-11(5-7-12)15-17-10(2)13-8-16-9-14(13)18-15/h4-7,16H,3,8-9H2,1-2H3. The van der Waals surface area contributed by atoms with Gasteiger partial charge in [-0.05, 0) is 24.8 Å². The third-order valence-electron chi connectivity index (χ3n) is 3.32. The molecule has 98 valence electrons. The van der Waals surface area contributed by atoms with Crippen LogP contribution in [-0.2, 0) is 13.1 Å². The molecule has 1 N–H and O–H groups in total. The molecule has 0 aliphatic carbocycles. The fourth-order valence-corrected chi connectivity index (χ4v) is 3.00. The average Bonchev–Trinajstić information content (AvgIpc) is 2.89. The van der Waals surface area contributed by atoms with Crippen LogP contribution in [-0.4, -0.2) is 15.7 Å². The van der Waals surface area contributed by atoms with Crippen molar-refractivity contribution in [1.82, 2.24) is 15.3 Å². The van der Waals surface area contributed by atoms with Crippen LogP contribution in [0, 0.1) is 6.92 Å². The van der Waals surface area contributed by atoms with Gasteiger partial charge in [-0.25, -0.2) is 9.97 Å². The Labute approximate surface area is 117 Å². The van der Waals surface area contributed by atoms with E-state index in [1.54, 1.807) is 0 Å². The zero-order chi connectivity index (χ0) is 13.2. The number of aromatic nitrogens is 2. The van der Waals surface area contributed by atoms with Crippen LogP contribution in [0.2, 0.25) is 0 Å².